The molecule has 0 spiro atoms. The largest absolute Gasteiger partial charge is 0.493 e. The minimum atomic E-state index is -0.814. The van der Waals surface area contributed by atoms with Gasteiger partial charge >= 0.3 is 0 Å². The zero-order chi connectivity index (χ0) is 25.4. The van der Waals surface area contributed by atoms with Gasteiger partial charge in [-0.2, -0.15) is 0 Å². The van der Waals surface area contributed by atoms with Gasteiger partial charge in [-0.05, 0) is 66.4 Å². The van der Waals surface area contributed by atoms with Crippen LogP contribution in [0.4, 0.5) is 0 Å². The summed E-state index contributed by atoms with van der Waals surface area (Å²) in [6.45, 7) is 4.78. The molecule has 8 heteroatoms. The van der Waals surface area contributed by atoms with Crippen LogP contribution in [0.2, 0.25) is 0 Å². The van der Waals surface area contributed by atoms with Gasteiger partial charge in [-0.15, -0.1) is 0 Å². The molecule has 2 amide bonds. The zero-order valence-electron chi connectivity index (χ0n) is 19.8. The highest BCUT2D eigenvalue weighted by Gasteiger charge is 2.21. The number of halogens is 2. The molecule has 3 aromatic rings. The average Bonchev–Trinajstić information content (AvgIpc) is 2.83. The van der Waals surface area contributed by atoms with E-state index in [-0.39, 0.29) is 11.8 Å². The third-order valence-electron chi connectivity index (χ3n) is 5.20. The number of methoxy groups -OCH3 is 1. The third kappa shape index (κ3) is 7.83. The van der Waals surface area contributed by atoms with Crippen molar-refractivity contribution in [1.29, 1.82) is 0 Å². The number of carbonyl (C=O) groups is 2. The number of hydrogen-bond acceptors (Lipinski definition) is 4. The zero-order valence-corrected chi connectivity index (χ0v) is 23.0. The fourth-order valence-corrected chi connectivity index (χ4v) is 4.08. The normalized spacial score (nSPS) is 10.8. The van der Waals surface area contributed by atoms with E-state index in [2.05, 4.69) is 56.3 Å². The molecule has 35 heavy (non-hydrogen) atoms. The SMILES string of the molecule is COc1ccc(C(NC(=O)c2cccc(Br)c2)NC(=O)c2cccc(Br)c2)cc1OCCC(C)C. The first-order chi connectivity index (χ1) is 16.8. The van der Waals surface area contributed by atoms with Crippen LogP contribution in [-0.2, 0) is 0 Å². The molecule has 0 aliphatic rings. The molecule has 0 saturated carbocycles. The smallest absolute Gasteiger partial charge is 0.253 e. The number of benzene rings is 3. The van der Waals surface area contributed by atoms with Gasteiger partial charge in [0.2, 0.25) is 0 Å². The van der Waals surface area contributed by atoms with Crippen LogP contribution in [0.5, 0.6) is 11.5 Å². The molecule has 184 valence electrons. The number of nitrogens with one attached hydrogen (secondary N) is 2. The van der Waals surface area contributed by atoms with Gasteiger partial charge in [-0.3, -0.25) is 9.59 Å². The second-order valence-corrected chi connectivity index (χ2v) is 10.2. The molecular weight excluding hydrogens is 576 g/mol. The lowest BCUT2D eigenvalue weighted by Gasteiger charge is -2.22. The van der Waals surface area contributed by atoms with Gasteiger partial charge < -0.3 is 20.1 Å². The predicted octanol–water partition coefficient (Wildman–Crippen LogP) is 6.50. The second-order valence-electron chi connectivity index (χ2n) is 8.34. The molecular formula is C27H28Br2N2O4. The Kier molecular flexibility index (Phi) is 9.74. The van der Waals surface area contributed by atoms with E-state index >= 15 is 0 Å². The van der Waals surface area contributed by atoms with Crippen LogP contribution in [0.15, 0.2) is 75.7 Å². The van der Waals surface area contributed by atoms with Crippen LogP contribution < -0.4 is 20.1 Å². The van der Waals surface area contributed by atoms with Crippen molar-refractivity contribution in [2.75, 3.05) is 13.7 Å². The maximum absolute atomic E-state index is 13.1. The van der Waals surface area contributed by atoms with E-state index in [9.17, 15) is 9.59 Å². The number of hydrogen-bond donors (Lipinski definition) is 2. The quantitative estimate of drug-likeness (QED) is 0.259. The van der Waals surface area contributed by atoms with Crippen molar-refractivity contribution in [1.82, 2.24) is 10.6 Å². The number of ether oxygens (including phenoxy) is 2. The Labute approximate surface area is 222 Å². The van der Waals surface area contributed by atoms with Crippen molar-refractivity contribution < 1.29 is 19.1 Å². The van der Waals surface area contributed by atoms with E-state index in [0.29, 0.717) is 40.7 Å². The highest BCUT2D eigenvalue weighted by Crippen LogP contribution is 2.30. The second kappa shape index (κ2) is 12.7. The molecule has 3 aromatic carbocycles. The first-order valence-corrected chi connectivity index (χ1v) is 12.8. The highest BCUT2D eigenvalue weighted by atomic mass is 79.9. The van der Waals surface area contributed by atoms with E-state index in [1.54, 1.807) is 61.7 Å². The Morgan fingerprint density at radius 3 is 1.89 bits per heavy atom. The van der Waals surface area contributed by atoms with E-state index in [1.165, 1.54) is 0 Å². The molecule has 0 aromatic heterocycles. The topological polar surface area (TPSA) is 76.7 Å². The molecule has 0 fully saturated rings. The molecule has 0 heterocycles. The molecule has 0 atom stereocenters. The van der Waals surface area contributed by atoms with E-state index in [0.717, 1.165) is 15.4 Å². The summed E-state index contributed by atoms with van der Waals surface area (Å²) in [5.74, 6) is 0.954. The minimum Gasteiger partial charge on any atom is -0.493 e. The molecule has 0 aliphatic carbocycles. The van der Waals surface area contributed by atoms with Crippen molar-refractivity contribution in [2.24, 2.45) is 5.92 Å². The summed E-state index contributed by atoms with van der Waals surface area (Å²) in [5, 5.41) is 5.86. The summed E-state index contributed by atoms with van der Waals surface area (Å²) < 4.78 is 13.0. The summed E-state index contributed by atoms with van der Waals surface area (Å²) in [5.41, 5.74) is 1.57. The molecule has 0 saturated heterocycles. The fraction of sp³-hybridized carbons (Fsp3) is 0.259. The van der Waals surface area contributed by atoms with Crippen LogP contribution in [0.1, 0.15) is 52.7 Å². The molecule has 0 bridgehead atoms. The van der Waals surface area contributed by atoms with Crippen LogP contribution in [0, 0.1) is 5.92 Å². The lowest BCUT2D eigenvalue weighted by Crippen LogP contribution is -2.41. The van der Waals surface area contributed by atoms with Crippen LogP contribution in [-0.4, -0.2) is 25.5 Å². The molecule has 0 radical (unpaired) electrons. The Morgan fingerprint density at radius 1 is 0.829 bits per heavy atom. The van der Waals surface area contributed by atoms with Crippen molar-refractivity contribution in [2.45, 2.75) is 26.4 Å². The van der Waals surface area contributed by atoms with Gasteiger partial charge in [-0.25, -0.2) is 0 Å². The van der Waals surface area contributed by atoms with Crippen LogP contribution in [0.3, 0.4) is 0 Å². The van der Waals surface area contributed by atoms with E-state index < -0.39 is 6.17 Å². The lowest BCUT2D eigenvalue weighted by molar-refractivity contribution is 0.0883. The summed E-state index contributed by atoms with van der Waals surface area (Å²) in [6.07, 6.45) is 0.0714. The molecule has 6 nitrogen and oxygen atoms in total. The Bertz CT molecular complexity index is 1120. The summed E-state index contributed by atoms with van der Waals surface area (Å²) >= 11 is 6.79. The molecule has 0 aliphatic heterocycles. The summed E-state index contributed by atoms with van der Waals surface area (Å²) in [7, 11) is 1.58. The van der Waals surface area contributed by atoms with Crippen LogP contribution in [0.25, 0.3) is 0 Å². The number of amides is 2. The number of carbonyl (C=O) groups excluding carboxylic acids is 2. The lowest BCUT2D eigenvalue weighted by atomic mass is 10.1. The molecule has 2 N–H and O–H groups in total. The van der Waals surface area contributed by atoms with Crippen molar-refractivity contribution in [3.05, 3.63) is 92.4 Å². The van der Waals surface area contributed by atoms with Gasteiger partial charge in [0.15, 0.2) is 11.5 Å². The molecule has 0 unspecified atom stereocenters. The first kappa shape index (κ1) is 26.8. The van der Waals surface area contributed by atoms with E-state index in [4.69, 9.17) is 9.47 Å². The Morgan fingerprint density at radius 2 is 1.40 bits per heavy atom. The van der Waals surface area contributed by atoms with Crippen molar-refractivity contribution >= 4 is 43.7 Å². The standard InChI is InChI=1S/C27H28Br2N2O4/c1-17(2)12-13-35-24-16-18(10-11-23(24)34-3)25(30-26(32)19-6-4-8-21(28)14-19)31-27(33)20-7-5-9-22(29)15-20/h4-11,14-17,25H,12-13H2,1-3H3,(H,30,32)(H,31,33). The van der Waals surface area contributed by atoms with Gasteiger partial charge in [0, 0.05) is 20.1 Å². The van der Waals surface area contributed by atoms with Crippen LogP contribution >= 0.6 is 31.9 Å². The van der Waals surface area contributed by atoms with Crippen molar-refractivity contribution in [3.63, 3.8) is 0 Å². The highest BCUT2D eigenvalue weighted by molar-refractivity contribution is 9.10. The minimum absolute atomic E-state index is 0.330. The van der Waals surface area contributed by atoms with Gasteiger partial charge in [0.1, 0.15) is 6.17 Å². The van der Waals surface area contributed by atoms with Gasteiger partial charge in [0.25, 0.3) is 11.8 Å². The maximum Gasteiger partial charge on any atom is 0.253 e. The number of rotatable bonds is 10. The molecule has 3 rings (SSSR count). The Balaban J connectivity index is 1.91. The average molecular weight is 604 g/mol. The third-order valence-corrected chi connectivity index (χ3v) is 6.18. The predicted molar refractivity (Wildman–Crippen MR) is 144 cm³/mol. The van der Waals surface area contributed by atoms with E-state index in [1.807, 2.05) is 12.1 Å². The first-order valence-electron chi connectivity index (χ1n) is 11.2. The summed E-state index contributed by atoms with van der Waals surface area (Å²) in [6, 6.07) is 19.4. The summed E-state index contributed by atoms with van der Waals surface area (Å²) in [4.78, 5) is 26.1. The van der Waals surface area contributed by atoms with Gasteiger partial charge in [-0.1, -0.05) is 63.9 Å². The fourth-order valence-electron chi connectivity index (χ4n) is 3.28. The maximum atomic E-state index is 13.1. The monoisotopic (exact) mass is 602 g/mol. The van der Waals surface area contributed by atoms with Gasteiger partial charge in [0.05, 0.1) is 13.7 Å². The van der Waals surface area contributed by atoms with Crippen molar-refractivity contribution in [3.8, 4) is 11.5 Å². The Hall–Kier alpha value is -2.84.